The van der Waals surface area contributed by atoms with Crippen molar-refractivity contribution in [3.8, 4) is 11.5 Å². The molecular formula is C26H26N2O3. The largest absolute Gasteiger partial charge is 0.504 e. The summed E-state index contributed by atoms with van der Waals surface area (Å²) in [5.74, 6) is 0.824. The first-order valence-electron chi connectivity index (χ1n) is 11.6. The lowest BCUT2D eigenvalue weighted by Gasteiger charge is -2.62. The zero-order valence-electron chi connectivity index (χ0n) is 17.7. The highest BCUT2D eigenvalue weighted by Gasteiger charge is 2.72. The van der Waals surface area contributed by atoms with E-state index in [4.69, 9.17) is 4.74 Å². The van der Waals surface area contributed by atoms with Gasteiger partial charge in [0.2, 0.25) is 0 Å². The van der Waals surface area contributed by atoms with E-state index in [1.54, 1.807) is 6.07 Å². The van der Waals surface area contributed by atoms with Crippen molar-refractivity contribution in [2.24, 2.45) is 0 Å². The molecule has 4 heterocycles. The Morgan fingerprint density at radius 2 is 2.03 bits per heavy atom. The number of phenolic OH excluding ortho intramolecular Hbond substituents is 1. The van der Waals surface area contributed by atoms with Gasteiger partial charge in [-0.05, 0) is 62.0 Å². The maximum absolute atomic E-state index is 12.6. The van der Waals surface area contributed by atoms with E-state index < -0.39 is 11.0 Å². The summed E-state index contributed by atoms with van der Waals surface area (Å²) in [6.07, 6.45) is 4.28. The average molecular weight is 415 g/mol. The van der Waals surface area contributed by atoms with Crippen molar-refractivity contribution < 1.29 is 14.9 Å². The molecule has 2 aromatic carbocycles. The zero-order valence-corrected chi connectivity index (χ0v) is 17.7. The maximum atomic E-state index is 12.6. The molecule has 2 bridgehead atoms. The quantitative estimate of drug-likeness (QED) is 0.593. The number of likely N-dealkylation sites (tertiary alicyclic amines) is 1. The molecule has 0 saturated carbocycles. The van der Waals surface area contributed by atoms with E-state index in [2.05, 4.69) is 40.8 Å². The Morgan fingerprint density at radius 1 is 1.13 bits per heavy atom. The van der Waals surface area contributed by atoms with Crippen molar-refractivity contribution >= 4 is 10.9 Å². The summed E-state index contributed by atoms with van der Waals surface area (Å²) in [6, 6.07) is 10.5. The third kappa shape index (κ3) is 1.64. The highest BCUT2D eigenvalue weighted by Crippen LogP contribution is 2.69. The number of phenols is 1. The summed E-state index contributed by atoms with van der Waals surface area (Å²) in [6.45, 7) is 1.93. The lowest BCUT2D eigenvalue weighted by Crippen LogP contribution is -2.74. The van der Waals surface area contributed by atoms with E-state index in [0.717, 1.165) is 44.3 Å². The van der Waals surface area contributed by atoms with Gasteiger partial charge in [-0.2, -0.15) is 0 Å². The van der Waals surface area contributed by atoms with E-state index in [1.165, 1.54) is 33.3 Å². The standard InChI is InChI=1S/C26H26N2O3/c1-27-11-9-25-20-15-7-8-18(29)23(20)31-24(25)22-17(13-26(25,30)19(27)12-15)16-6-2-4-14-5-3-10-28(22)21(14)16/h2,4,6-8,19,24,29-30H,3,5,9-13H2,1H3. The van der Waals surface area contributed by atoms with Crippen molar-refractivity contribution in [1.82, 2.24) is 9.47 Å². The number of aromatic nitrogens is 1. The summed E-state index contributed by atoms with van der Waals surface area (Å²) < 4.78 is 9.22. The first kappa shape index (κ1) is 17.1. The van der Waals surface area contributed by atoms with Crippen LogP contribution in [0.25, 0.3) is 10.9 Å². The minimum Gasteiger partial charge on any atom is -0.504 e. The van der Waals surface area contributed by atoms with Gasteiger partial charge in [-0.1, -0.05) is 24.3 Å². The van der Waals surface area contributed by atoms with E-state index in [0.29, 0.717) is 12.2 Å². The molecular weight excluding hydrogens is 388 g/mol. The summed E-state index contributed by atoms with van der Waals surface area (Å²) >= 11 is 0. The Bertz CT molecular complexity index is 1330. The molecule has 8 rings (SSSR count). The normalized spacial score (nSPS) is 34.4. The molecule has 0 radical (unpaired) electrons. The number of hydrogen-bond acceptors (Lipinski definition) is 4. The number of piperidine rings is 1. The molecule has 31 heavy (non-hydrogen) atoms. The molecule has 1 spiro atoms. The van der Waals surface area contributed by atoms with Gasteiger partial charge in [0.05, 0.1) is 22.2 Å². The zero-order chi connectivity index (χ0) is 20.7. The molecule has 5 heteroatoms. The van der Waals surface area contributed by atoms with Gasteiger partial charge in [0.1, 0.15) is 0 Å². The highest BCUT2D eigenvalue weighted by molar-refractivity contribution is 5.90. The third-order valence-corrected chi connectivity index (χ3v) is 9.32. The van der Waals surface area contributed by atoms with E-state index >= 15 is 0 Å². The Kier molecular flexibility index (Phi) is 2.82. The number of hydrogen-bond donors (Lipinski definition) is 2. The molecule has 5 nitrogen and oxygen atoms in total. The molecule has 5 aliphatic rings. The number of ether oxygens (including phenoxy) is 1. The number of fused-ring (bicyclic) bond motifs is 4. The molecule has 2 aliphatic carbocycles. The van der Waals surface area contributed by atoms with Crippen LogP contribution in [-0.4, -0.2) is 44.9 Å². The fourth-order valence-electron chi connectivity index (χ4n) is 8.12. The monoisotopic (exact) mass is 414 g/mol. The van der Waals surface area contributed by atoms with Gasteiger partial charge < -0.3 is 24.4 Å². The van der Waals surface area contributed by atoms with Crippen molar-refractivity contribution in [2.45, 2.75) is 61.8 Å². The molecule has 4 unspecified atom stereocenters. The van der Waals surface area contributed by atoms with Crippen LogP contribution in [0.15, 0.2) is 30.3 Å². The molecule has 1 aromatic heterocycles. The van der Waals surface area contributed by atoms with Crippen LogP contribution in [0.5, 0.6) is 11.5 Å². The Labute approximate surface area is 180 Å². The van der Waals surface area contributed by atoms with E-state index in [1.807, 2.05) is 0 Å². The van der Waals surface area contributed by atoms with Crippen LogP contribution in [0.2, 0.25) is 0 Å². The van der Waals surface area contributed by atoms with Gasteiger partial charge in [-0.15, -0.1) is 0 Å². The van der Waals surface area contributed by atoms with Crippen LogP contribution >= 0.6 is 0 Å². The van der Waals surface area contributed by atoms with Gasteiger partial charge in [0.25, 0.3) is 0 Å². The number of benzene rings is 2. The van der Waals surface area contributed by atoms with Crippen LogP contribution in [0.1, 0.15) is 46.9 Å². The number of para-hydroxylation sites is 1. The van der Waals surface area contributed by atoms with Crippen LogP contribution < -0.4 is 4.74 Å². The number of aromatic hydroxyl groups is 1. The summed E-state index contributed by atoms with van der Waals surface area (Å²) in [5, 5.41) is 24.7. The van der Waals surface area contributed by atoms with Gasteiger partial charge in [-0.25, -0.2) is 0 Å². The smallest absolute Gasteiger partial charge is 0.166 e. The molecule has 1 saturated heterocycles. The summed E-state index contributed by atoms with van der Waals surface area (Å²) in [4.78, 5) is 2.35. The number of aliphatic hydroxyl groups is 1. The third-order valence-electron chi connectivity index (χ3n) is 9.32. The van der Waals surface area contributed by atoms with Crippen LogP contribution in [0.4, 0.5) is 0 Å². The van der Waals surface area contributed by atoms with Gasteiger partial charge in [0, 0.05) is 30.0 Å². The van der Waals surface area contributed by atoms with Crippen LogP contribution in [0.3, 0.4) is 0 Å². The Morgan fingerprint density at radius 3 is 2.94 bits per heavy atom. The SMILES string of the molecule is CN1CCC23c4c5ccc(O)c4OC2c2c(c4cccc6c4n2CCC6)CC3(O)C1C5. The molecule has 4 atom stereocenters. The van der Waals surface area contributed by atoms with Crippen molar-refractivity contribution in [2.75, 3.05) is 13.6 Å². The van der Waals surface area contributed by atoms with Crippen molar-refractivity contribution in [1.29, 1.82) is 0 Å². The van der Waals surface area contributed by atoms with E-state index in [-0.39, 0.29) is 17.9 Å². The number of likely N-dealkylation sites (N-methyl/N-ethyl adjacent to an activating group) is 1. The second kappa shape index (κ2) is 5.11. The highest BCUT2D eigenvalue weighted by atomic mass is 16.5. The second-order valence-electron chi connectivity index (χ2n) is 10.4. The first-order valence-corrected chi connectivity index (χ1v) is 11.6. The lowest BCUT2D eigenvalue weighted by molar-refractivity contribution is -0.168. The first-order chi connectivity index (χ1) is 15.0. The number of nitrogens with zero attached hydrogens (tertiary/aromatic N) is 2. The average Bonchev–Trinajstić information content (AvgIpc) is 3.27. The fourth-order valence-corrected chi connectivity index (χ4v) is 8.12. The van der Waals surface area contributed by atoms with Gasteiger partial charge in [0.15, 0.2) is 17.6 Å². The van der Waals surface area contributed by atoms with Crippen molar-refractivity contribution in [3.63, 3.8) is 0 Å². The molecule has 2 N–H and O–H groups in total. The van der Waals surface area contributed by atoms with Crippen molar-refractivity contribution in [3.05, 3.63) is 58.3 Å². The molecule has 1 fully saturated rings. The number of rotatable bonds is 0. The van der Waals surface area contributed by atoms with Crippen LogP contribution in [-0.2, 0) is 31.2 Å². The topological polar surface area (TPSA) is 57.9 Å². The molecule has 158 valence electrons. The fraction of sp³-hybridized carbons (Fsp3) is 0.462. The Hall–Kier alpha value is -2.50. The maximum Gasteiger partial charge on any atom is 0.166 e. The molecule has 0 amide bonds. The minimum absolute atomic E-state index is 0.0511. The van der Waals surface area contributed by atoms with Gasteiger partial charge >= 0.3 is 0 Å². The predicted octanol–water partition coefficient (Wildman–Crippen LogP) is 3.21. The molecule has 3 aromatic rings. The van der Waals surface area contributed by atoms with Crippen LogP contribution in [0, 0.1) is 0 Å². The minimum atomic E-state index is -0.910. The second-order valence-corrected chi connectivity index (χ2v) is 10.4. The number of aryl methyl sites for hydroxylation is 2. The summed E-state index contributed by atoms with van der Waals surface area (Å²) in [5.41, 5.74) is 6.17. The molecule has 3 aliphatic heterocycles. The van der Waals surface area contributed by atoms with E-state index in [9.17, 15) is 10.2 Å². The van der Waals surface area contributed by atoms with Gasteiger partial charge in [-0.3, -0.25) is 0 Å². The Balaban J connectivity index is 1.53. The predicted molar refractivity (Wildman–Crippen MR) is 117 cm³/mol. The summed E-state index contributed by atoms with van der Waals surface area (Å²) in [7, 11) is 2.15. The lowest BCUT2D eigenvalue weighted by atomic mass is 9.49.